The smallest absolute Gasteiger partial charge is 0.224 e. The number of halogens is 2. The van der Waals surface area contributed by atoms with Crippen LogP contribution in [0.2, 0.25) is 5.28 Å². The lowest BCUT2D eigenvalue weighted by atomic mass is 10.3. The van der Waals surface area contributed by atoms with Crippen LogP contribution < -0.4 is 4.90 Å². The van der Waals surface area contributed by atoms with Gasteiger partial charge in [0.15, 0.2) is 0 Å². The van der Waals surface area contributed by atoms with E-state index < -0.39 is 0 Å². The van der Waals surface area contributed by atoms with Crippen molar-refractivity contribution in [2.24, 2.45) is 0 Å². The largest absolute Gasteiger partial charge is 0.353 e. The molecule has 0 bridgehead atoms. The first kappa shape index (κ1) is 13.2. The van der Waals surface area contributed by atoms with E-state index in [-0.39, 0.29) is 5.28 Å². The average Bonchev–Trinajstić information content (AvgIpc) is 2.32. The van der Waals surface area contributed by atoms with Gasteiger partial charge >= 0.3 is 0 Å². The maximum atomic E-state index is 5.80. The third kappa shape index (κ3) is 3.17. The average molecular weight is 328 g/mol. The molecule has 2 rings (SSSR count). The molecule has 0 N–H and O–H groups in total. The minimum Gasteiger partial charge on any atom is -0.353 e. The van der Waals surface area contributed by atoms with E-state index >= 15 is 0 Å². The summed E-state index contributed by atoms with van der Waals surface area (Å²) in [5.74, 6) is 0.748. The topological polar surface area (TPSA) is 41.9 Å². The Balaban J connectivity index is 2.21. The van der Waals surface area contributed by atoms with E-state index in [2.05, 4.69) is 30.9 Å². The highest BCUT2D eigenvalue weighted by molar-refractivity contribution is 9.10. The molecule has 0 aliphatic heterocycles. The van der Waals surface area contributed by atoms with Gasteiger partial charge in [-0.3, -0.25) is 4.98 Å². The summed E-state index contributed by atoms with van der Waals surface area (Å²) in [6.07, 6.45) is 1.64. The zero-order valence-electron chi connectivity index (χ0n) is 10.1. The van der Waals surface area contributed by atoms with Gasteiger partial charge < -0.3 is 4.90 Å². The van der Waals surface area contributed by atoms with E-state index in [4.69, 9.17) is 11.6 Å². The molecule has 0 atom stereocenters. The lowest BCUT2D eigenvalue weighted by Crippen LogP contribution is -2.19. The first-order chi connectivity index (χ1) is 8.56. The van der Waals surface area contributed by atoms with Crippen molar-refractivity contribution in [3.8, 4) is 0 Å². The molecule has 0 aromatic carbocycles. The second kappa shape index (κ2) is 5.63. The lowest BCUT2D eigenvalue weighted by Gasteiger charge is -2.19. The molecule has 0 fully saturated rings. The van der Waals surface area contributed by atoms with Crippen LogP contribution in [0.3, 0.4) is 0 Å². The number of hydrogen-bond donors (Lipinski definition) is 0. The van der Waals surface area contributed by atoms with Gasteiger partial charge in [0.2, 0.25) is 5.28 Å². The second-order valence-electron chi connectivity index (χ2n) is 3.94. The Morgan fingerprint density at radius 1 is 1.33 bits per heavy atom. The van der Waals surface area contributed by atoms with E-state index in [0.717, 1.165) is 21.7 Å². The molecule has 0 radical (unpaired) electrons. The highest BCUT2D eigenvalue weighted by Gasteiger charge is 2.10. The normalized spacial score (nSPS) is 10.4. The number of rotatable bonds is 3. The number of aryl methyl sites for hydroxylation is 1. The number of pyridine rings is 1. The molecule has 2 aromatic heterocycles. The first-order valence-corrected chi connectivity index (χ1v) is 6.55. The van der Waals surface area contributed by atoms with Crippen molar-refractivity contribution in [1.29, 1.82) is 0 Å². The van der Waals surface area contributed by atoms with Crippen LogP contribution in [0.4, 0.5) is 5.82 Å². The zero-order chi connectivity index (χ0) is 13.1. The van der Waals surface area contributed by atoms with Crippen LogP contribution in [-0.2, 0) is 6.54 Å². The summed E-state index contributed by atoms with van der Waals surface area (Å²) >= 11 is 9.22. The van der Waals surface area contributed by atoms with Crippen molar-refractivity contribution in [2.45, 2.75) is 13.5 Å². The summed E-state index contributed by atoms with van der Waals surface area (Å²) in [6.45, 7) is 2.63. The monoisotopic (exact) mass is 326 g/mol. The predicted octanol–water partition coefficient (Wildman–Crippen LogP) is 3.23. The zero-order valence-corrected chi connectivity index (χ0v) is 12.4. The Morgan fingerprint density at radius 3 is 2.83 bits per heavy atom. The van der Waals surface area contributed by atoms with Crippen LogP contribution in [0, 0.1) is 6.92 Å². The van der Waals surface area contributed by atoms with Gasteiger partial charge in [-0.05, 0) is 46.6 Å². The van der Waals surface area contributed by atoms with Gasteiger partial charge in [-0.1, -0.05) is 6.07 Å². The molecular formula is C12H12BrClN4. The Morgan fingerprint density at radius 2 is 2.11 bits per heavy atom. The molecule has 0 aliphatic carbocycles. The van der Waals surface area contributed by atoms with Crippen molar-refractivity contribution < 1.29 is 0 Å². The molecule has 6 heteroatoms. The Bertz CT molecular complexity index is 562. The summed E-state index contributed by atoms with van der Waals surface area (Å²) in [5, 5.41) is 0.234. The number of hydrogen-bond acceptors (Lipinski definition) is 4. The van der Waals surface area contributed by atoms with E-state index in [9.17, 15) is 0 Å². The summed E-state index contributed by atoms with van der Waals surface area (Å²) < 4.78 is 0.807. The fourth-order valence-corrected chi connectivity index (χ4v) is 2.23. The van der Waals surface area contributed by atoms with Crippen molar-refractivity contribution in [2.75, 3.05) is 11.9 Å². The second-order valence-corrected chi connectivity index (χ2v) is 5.13. The molecule has 4 nitrogen and oxygen atoms in total. The van der Waals surface area contributed by atoms with E-state index in [1.165, 1.54) is 0 Å². The van der Waals surface area contributed by atoms with Gasteiger partial charge in [-0.15, -0.1) is 0 Å². The van der Waals surface area contributed by atoms with Gasteiger partial charge in [-0.2, -0.15) is 4.98 Å². The van der Waals surface area contributed by atoms with Crippen molar-refractivity contribution in [1.82, 2.24) is 15.0 Å². The van der Waals surface area contributed by atoms with Gasteiger partial charge in [-0.25, -0.2) is 4.98 Å². The summed E-state index contributed by atoms with van der Waals surface area (Å²) in [6, 6.07) is 5.95. The standard InChI is InChI=1S/C12H12BrClN4/c1-8-4-3-5-9(16-8)7-18(2)11-10(13)6-15-12(14)17-11/h3-6H,7H2,1-2H3. The van der Waals surface area contributed by atoms with E-state index in [0.29, 0.717) is 6.54 Å². The lowest BCUT2D eigenvalue weighted by molar-refractivity contribution is 0.851. The molecule has 18 heavy (non-hydrogen) atoms. The fraction of sp³-hybridized carbons (Fsp3) is 0.250. The first-order valence-electron chi connectivity index (χ1n) is 5.38. The number of nitrogens with zero attached hydrogens (tertiary/aromatic N) is 4. The minimum absolute atomic E-state index is 0.234. The summed E-state index contributed by atoms with van der Waals surface area (Å²) in [7, 11) is 1.94. The minimum atomic E-state index is 0.234. The van der Waals surface area contributed by atoms with Crippen molar-refractivity contribution in [3.05, 3.63) is 45.5 Å². The van der Waals surface area contributed by atoms with E-state index in [1.807, 2.05) is 37.1 Å². The molecule has 2 aromatic rings. The molecule has 0 spiro atoms. The highest BCUT2D eigenvalue weighted by atomic mass is 79.9. The van der Waals surface area contributed by atoms with Gasteiger partial charge in [0, 0.05) is 18.9 Å². The van der Waals surface area contributed by atoms with E-state index in [1.54, 1.807) is 6.20 Å². The van der Waals surface area contributed by atoms with Crippen LogP contribution >= 0.6 is 27.5 Å². The third-order valence-corrected chi connectivity index (χ3v) is 3.14. The van der Waals surface area contributed by atoms with Gasteiger partial charge in [0.05, 0.1) is 16.7 Å². The van der Waals surface area contributed by atoms with Crippen molar-refractivity contribution >= 4 is 33.3 Å². The predicted molar refractivity (Wildman–Crippen MR) is 75.8 cm³/mol. The third-order valence-electron chi connectivity index (χ3n) is 2.40. The van der Waals surface area contributed by atoms with Crippen LogP contribution in [0.1, 0.15) is 11.4 Å². The van der Waals surface area contributed by atoms with Crippen molar-refractivity contribution in [3.63, 3.8) is 0 Å². The molecule has 94 valence electrons. The molecule has 0 aliphatic rings. The summed E-state index contributed by atoms with van der Waals surface area (Å²) in [5.41, 5.74) is 1.99. The van der Waals surface area contributed by atoms with Gasteiger partial charge in [0.1, 0.15) is 5.82 Å². The Kier molecular flexibility index (Phi) is 4.14. The van der Waals surface area contributed by atoms with Crippen LogP contribution in [0.25, 0.3) is 0 Å². The SMILES string of the molecule is Cc1cccc(CN(C)c2nc(Cl)ncc2Br)n1. The quantitative estimate of drug-likeness (QED) is 0.812. The maximum absolute atomic E-state index is 5.80. The van der Waals surface area contributed by atoms with Crippen LogP contribution in [-0.4, -0.2) is 22.0 Å². The molecular weight excluding hydrogens is 316 g/mol. The Hall–Kier alpha value is -1.20. The summed E-state index contributed by atoms with van der Waals surface area (Å²) in [4.78, 5) is 14.5. The number of anilines is 1. The molecule has 0 saturated carbocycles. The van der Waals surface area contributed by atoms with Crippen LogP contribution in [0.5, 0.6) is 0 Å². The molecule has 2 heterocycles. The van der Waals surface area contributed by atoms with Gasteiger partial charge in [0.25, 0.3) is 0 Å². The highest BCUT2D eigenvalue weighted by Crippen LogP contribution is 2.24. The fourth-order valence-electron chi connectivity index (χ4n) is 1.61. The molecule has 0 unspecified atom stereocenters. The van der Waals surface area contributed by atoms with Crippen LogP contribution in [0.15, 0.2) is 28.9 Å². The Labute approximate surface area is 119 Å². The number of aromatic nitrogens is 3. The molecule has 0 saturated heterocycles. The maximum Gasteiger partial charge on any atom is 0.224 e. The molecule has 0 amide bonds.